The van der Waals surface area contributed by atoms with E-state index in [0.29, 0.717) is 0 Å². The fourth-order valence-electron chi connectivity index (χ4n) is 5.30. The summed E-state index contributed by atoms with van der Waals surface area (Å²) < 4.78 is 22.4. The van der Waals surface area contributed by atoms with Gasteiger partial charge in [-0.15, -0.1) is 0 Å². The van der Waals surface area contributed by atoms with E-state index in [1.807, 2.05) is 0 Å². The lowest BCUT2D eigenvalue weighted by molar-refractivity contribution is 0.352. The van der Waals surface area contributed by atoms with Crippen molar-refractivity contribution in [1.29, 1.82) is 0 Å². The van der Waals surface area contributed by atoms with Crippen LogP contribution in [0.5, 0.6) is 23.0 Å². The maximum atomic E-state index is 5.63. The molecule has 0 aromatic heterocycles. The molecule has 2 aromatic carbocycles. The second kappa shape index (κ2) is 6.08. The molecule has 1 atom stereocenters. The third-order valence-electron chi connectivity index (χ3n) is 6.46. The quantitative estimate of drug-likeness (QED) is 0.788. The van der Waals surface area contributed by atoms with Gasteiger partial charge in [-0.3, -0.25) is 0 Å². The fourth-order valence-corrected chi connectivity index (χ4v) is 5.30. The standard InChI is InChI=1S/C23H28O4/c1-22(2)13-23(17-12-21(27-6)20(26-5)11-16(17)22)8-7-14-9-18(24-3)19(25-4)10-15(14)23/h9-12H,7-8,13H2,1-6H3. The molecule has 2 aromatic rings. The first-order valence-corrected chi connectivity index (χ1v) is 9.42. The van der Waals surface area contributed by atoms with Crippen LogP contribution in [-0.4, -0.2) is 28.4 Å². The minimum Gasteiger partial charge on any atom is -0.493 e. The lowest BCUT2D eigenvalue weighted by atomic mass is 9.74. The lowest BCUT2D eigenvalue weighted by Gasteiger charge is -2.29. The number of hydrogen-bond donors (Lipinski definition) is 0. The summed E-state index contributed by atoms with van der Waals surface area (Å²) in [7, 11) is 6.80. The number of hydrogen-bond acceptors (Lipinski definition) is 4. The molecule has 144 valence electrons. The first-order chi connectivity index (χ1) is 12.9. The van der Waals surface area contributed by atoms with Crippen LogP contribution in [0.15, 0.2) is 24.3 Å². The summed E-state index contributed by atoms with van der Waals surface area (Å²) in [5, 5.41) is 0. The van der Waals surface area contributed by atoms with Crippen molar-refractivity contribution < 1.29 is 18.9 Å². The topological polar surface area (TPSA) is 36.9 Å². The normalized spacial score (nSPS) is 21.7. The van der Waals surface area contributed by atoms with Gasteiger partial charge >= 0.3 is 0 Å². The molecule has 0 saturated heterocycles. The highest BCUT2D eigenvalue weighted by Crippen LogP contribution is 2.60. The Bertz CT molecular complexity index is 900. The SMILES string of the molecule is COc1cc2c(cc1OC)C1(CC2)CC(C)(C)c2cc(OC)c(OC)cc21. The molecular formula is C23H28O4. The first kappa shape index (κ1) is 18.0. The smallest absolute Gasteiger partial charge is 0.161 e. The van der Waals surface area contributed by atoms with E-state index >= 15 is 0 Å². The second-order valence-electron chi connectivity index (χ2n) is 8.26. The molecule has 2 aliphatic rings. The van der Waals surface area contributed by atoms with E-state index in [0.717, 1.165) is 42.3 Å². The molecule has 0 heterocycles. The Balaban J connectivity index is 1.97. The molecule has 0 amide bonds. The summed E-state index contributed by atoms with van der Waals surface area (Å²) in [4.78, 5) is 0. The Morgan fingerprint density at radius 3 is 1.70 bits per heavy atom. The van der Waals surface area contributed by atoms with Crippen LogP contribution in [0, 0.1) is 0 Å². The zero-order chi connectivity index (χ0) is 19.4. The monoisotopic (exact) mass is 368 g/mol. The Labute approximate surface area is 161 Å². The number of fused-ring (bicyclic) bond motifs is 4. The molecule has 1 spiro atoms. The van der Waals surface area contributed by atoms with E-state index in [2.05, 4.69) is 38.1 Å². The van der Waals surface area contributed by atoms with E-state index in [1.165, 1.54) is 22.3 Å². The van der Waals surface area contributed by atoms with Crippen LogP contribution in [0.2, 0.25) is 0 Å². The minimum absolute atomic E-state index is 0.0206. The highest BCUT2D eigenvalue weighted by Gasteiger charge is 2.52. The Morgan fingerprint density at radius 1 is 0.667 bits per heavy atom. The number of benzene rings is 2. The molecule has 0 bridgehead atoms. The van der Waals surface area contributed by atoms with Crippen LogP contribution >= 0.6 is 0 Å². The average Bonchev–Trinajstić information content (AvgIpc) is 3.13. The van der Waals surface area contributed by atoms with Crippen LogP contribution in [0.1, 0.15) is 48.9 Å². The van der Waals surface area contributed by atoms with Gasteiger partial charge in [-0.05, 0) is 71.2 Å². The number of rotatable bonds is 4. The highest BCUT2D eigenvalue weighted by molar-refractivity contribution is 5.63. The molecular weight excluding hydrogens is 340 g/mol. The van der Waals surface area contributed by atoms with Crippen molar-refractivity contribution in [3.05, 3.63) is 46.5 Å². The zero-order valence-corrected chi connectivity index (χ0v) is 17.1. The zero-order valence-electron chi connectivity index (χ0n) is 17.1. The van der Waals surface area contributed by atoms with Gasteiger partial charge < -0.3 is 18.9 Å². The maximum Gasteiger partial charge on any atom is 0.161 e. The van der Waals surface area contributed by atoms with Crippen molar-refractivity contribution in [2.45, 2.75) is 43.9 Å². The molecule has 0 saturated carbocycles. The van der Waals surface area contributed by atoms with Gasteiger partial charge in [0.1, 0.15) is 0 Å². The van der Waals surface area contributed by atoms with E-state index in [-0.39, 0.29) is 10.8 Å². The van der Waals surface area contributed by atoms with Crippen LogP contribution < -0.4 is 18.9 Å². The summed E-state index contributed by atoms with van der Waals surface area (Å²) >= 11 is 0. The second-order valence-corrected chi connectivity index (χ2v) is 8.26. The van der Waals surface area contributed by atoms with E-state index in [1.54, 1.807) is 28.4 Å². The van der Waals surface area contributed by atoms with Gasteiger partial charge in [0, 0.05) is 5.41 Å². The Morgan fingerprint density at radius 2 is 1.15 bits per heavy atom. The summed E-state index contributed by atoms with van der Waals surface area (Å²) in [6.07, 6.45) is 3.19. The number of methoxy groups -OCH3 is 4. The Hall–Kier alpha value is -2.36. The van der Waals surface area contributed by atoms with Crippen molar-refractivity contribution in [2.75, 3.05) is 28.4 Å². The van der Waals surface area contributed by atoms with E-state index in [4.69, 9.17) is 18.9 Å². The molecule has 27 heavy (non-hydrogen) atoms. The van der Waals surface area contributed by atoms with Gasteiger partial charge in [-0.1, -0.05) is 13.8 Å². The summed E-state index contributed by atoms with van der Waals surface area (Å²) in [5.74, 6) is 3.19. The number of aryl methyl sites for hydroxylation is 1. The molecule has 1 unspecified atom stereocenters. The van der Waals surface area contributed by atoms with Crippen LogP contribution in [0.3, 0.4) is 0 Å². The van der Waals surface area contributed by atoms with Crippen molar-refractivity contribution in [3.8, 4) is 23.0 Å². The van der Waals surface area contributed by atoms with Crippen molar-refractivity contribution in [1.82, 2.24) is 0 Å². The summed E-state index contributed by atoms with van der Waals surface area (Å²) in [5.41, 5.74) is 5.46. The molecule has 0 N–H and O–H groups in total. The van der Waals surface area contributed by atoms with Crippen molar-refractivity contribution >= 4 is 0 Å². The molecule has 4 heteroatoms. The predicted molar refractivity (Wildman–Crippen MR) is 106 cm³/mol. The van der Waals surface area contributed by atoms with Gasteiger partial charge in [0.25, 0.3) is 0 Å². The van der Waals surface area contributed by atoms with Gasteiger partial charge in [-0.2, -0.15) is 0 Å². The van der Waals surface area contributed by atoms with E-state index in [9.17, 15) is 0 Å². The molecule has 0 aliphatic heterocycles. The van der Waals surface area contributed by atoms with Gasteiger partial charge in [0.15, 0.2) is 23.0 Å². The maximum absolute atomic E-state index is 5.63. The minimum atomic E-state index is -0.0206. The van der Waals surface area contributed by atoms with Crippen molar-refractivity contribution in [2.24, 2.45) is 0 Å². The van der Waals surface area contributed by atoms with Crippen LogP contribution in [0.4, 0.5) is 0 Å². The summed E-state index contributed by atoms with van der Waals surface area (Å²) in [6.45, 7) is 4.65. The largest absolute Gasteiger partial charge is 0.493 e. The molecule has 4 rings (SSSR count). The molecule has 0 fully saturated rings. The first-order valence-electron chi connectivity index (χ1n) is 9.42. The van der Waals surface area contributed by atoms with Gasteiger partial charge in [-0.25, -0.2) is 0 Å². The van der Waals surface area contributed by atoms with E-state index < -0.39 is 0 Å². The van der Waals surface area contributed by atoms with Crippen LogP contribution in [-0.2, 0) is 17.3 Å². The van der Waals surface area contributed by atoms with Gasteiger partial charge in [0.2, 0.25) is 0 Å². The fraction of sp³-hybridized carbons (Fsp3) is 0.478. The highest BCUT2D eigenvalue weighted by atomic mass is 16.5. The molecule has 4 nitrogen and oxygen atoms in total. The van der Waals surface area contributed by atoms with Crippen molar-refractivity contribution in [3.63, 3.8) is 0 Å². The van der Waals surface area contributed by atoms with Gasteiger partial charge in [0.05, 0.1) is 28.4 Å². The Kier molecular flexibility index (Phi) is 4.06. The summed E-state index contributed by atoms with van der Waals surface area (Å²) in [6, 6.07) is 8.69. The predicted octanol–water partition coefficient (Wildman–Crippen LogP) is 4.63. The number of ether oxygens (including phenoxy) is 4. The molecule has 2 aliphatic carbocycles. The lowest BCUT2D eigenvalue weighted by Crippen LogP contribution is -2.24. The molecule has 0 radical (unpaired) electrons. The average molecular weight is 368 g/mol. The third kappa shape index (κ3) is 2.42. The third-order valence-corrected chi connectivity index (χ3v) is 6.46. The van der Waals surface area contributed by atoms with Crippen LogP contribution in [0.25, 0.3) is 0 Å².